The van der Waals surface area contributed by atoms with Gasteiger partial charge in [-0.3, -0.25) is 0 Å². The predicted octanol–water partition coefficient (Wildman–Crippen LogP) is 4.06. The number of hydrogen-bond donors (Lipinski definition) is 0. The first-order valence-corrected chi connectivity index (χ1v) is 6.76. The van der Waals surface area contributed by atoms with Gasteiger partial charge in [-0.25, -0.2) is 0 Å². The zero-order chi connectivity index (χ0) is 11.7. The maximum atomic E-state index is 2.48. The van der Waals surface area contributed by atoms with Crippen LogP contribution in [0.15, 0.2) is 0 Å². The topological polar surface area (TPSA) is 0 Å². The molecule has 3 atom stereocenters. The van der Waals surface area contributed by atoms with E-state index in [1.165, 1.54) is 32.1 Å². The minimum atomic E-state index is 0.548. The molecule has 15 heavy (non-hydrogen) atoms. The second-order valence-corrected chi connectivity index (χ2v) is 7.37. The largest absolute Gasteiger partial charge is 0.109 e. The van der Waals surface area contributed by atoms with E-state index in [-0.39, 0.29) is 0 Å². The molecule has 1 aliphatic rings. The molecule has 1 heteroatoms. The van der Waals surface area contributed by atoms with E-state index in [1.807, 2.05) is 0 Å². The van der Waals surface area contributed by atoms with Gasteiger partial charge in [-0.1, -0.05) is 52.8 Å². The molecule has 88 valence electrons. The third-order valence-corrected chi connectivity index (χ3v) is 4.64. The molecule has 0 amide bonds. The molecule has 0 aromatic rings. The van der Waals surface area contributed by atoms with Crippen LogP contribution >= 0.6 is 0 Å². The quantitative estimate of drug-likeness (QED) is 0.611. The molecular formula is C14H29B. The van der Waals surface area contributed by atoms with Crippen molar-refractivity contribution in [3.05, 3.63) is 0 Å². The molecule has 0 radical (unpaired) electrons. The van der Waals surface area contributed by atoms with Gasteiger partial charge in [-0.2, -0.15) is 0 Å². The standard InChI is InChI=1S/C14H29B/c1-6-14(5,15)9-11(2)12-7-8-13(3,4)10-12/h11-12H,6-10,15H2,1-5H3. The van der Waals surface area contributed by atoms with E-state index in [1.54, 1.807) is 0 Å². The summed E-state index contributed by atoms with van der Waals surface area (Å²) < 4.78 is 0. The number of hydrogen-bond acceptors (Lipinski definition) is 0. The highest BCUT2D eigenvalue weighted by molar-refractivity contribution is 6.14. The number of rotatable bonds is 4. The normalized spacial score (nSPS) is 31.1. The molecule has 0 saturated heterocycles. The van der Waals surface area contributed by atoms with Gasteiger partial charge >= 0.3 is 0 Å². The second kappa shape index (κ2) is 4.51. The van der Waals surface area contributed by atoms with Crippen LogP contribution in [0.3, 0.4) is 0 Å². The molecule has 1 rings (SSSR count). The van der Waals surface area contributed by atoms with Crippen LogP contribution in [0.2, 0.25) is 5.31 Å². The molecule has 3 unspecified atom stereocenters. The molecule has 0 aromatic heterocycles. The molecule has 0 aliphatic heterocycles. The van der Waals surface area contributed by atoms with Gasteiger partial charge < -0.3 is 0 Å². The molecule has 1 fully saturated rings. The van der Waals surface area contributed by atoms with Crippen molar-refractivity contribution in [2.24, 2.45) is 17.3 Å². The van der Waals surface area contributed by atoms with Crippen LogP contribution in [0.25, 0.3) is 0 Å². The summed E-state index contributed by atoms with van der Waals surface area (Å²) in [6, 6.07) is 0. The monoisotopic (exact) mass is 208 g/mol. The third-order valence-electron chi connectivity index (χ3n) is 4.64. The minimum Gasteiger partial charge on any atom is -0.0669 e. The van der Waals surface area contributed by atoms with Gasteiger partial charge in [0, 0.05) is 0 Å². The average molecular weight is 208 g/mol. The van der Waals surface area contributed by atoms with Crippen LogP contribution in [0, 0.1) is 17.3 Å². The van der Waals surface area contributed by atoms with Crippen molar-refractivity contribution in [2.75, 3.05) is 0 Å². The van der Waals surface area contributed by atoms with Crippen molar-refractivity contribution in [1.82, 2.24) is 0 Å². The van der Waals surface area contributed by atoms with Crippen molar-refractivity contribution < 1.29 is 0 Å². The fourth-order valence-corrected chi connectivity index (χ4v) is 3.16. The average Bonchev–Trinajstić information content (AvgIpc) is 2.45. The fraction of sp³-hybridized carbons (Fsp3) is 1.00. The Morgan fingerprint density at radius 3 is 2.47 bits per heavy atom. The highest BCUT2D eigenvalue weighted by atomic mass is 14.4. The molecule has 0 aromatic carbocycles. The van der Waals surface area contributed by atoms with Gasteiger partial charge in [0.1, 0.15) is 7.85 Å². The summed E-state index contributed by atoms with van der Waals surface area (Å²) in [7, 11) is 2.42. The Kier molecular flexibility index (Phi) is 3.95. The second-order valence-electron chi connectivity index (χ2n) is 7.37. The zero-order valence-corrected chi connectivity index (χ0v) is 11.7. The van der Waals surface area contributed by atoms with E-state index in [2.05, 4.69) is 42.5 Å². The Labute approximate surface area is 97.6 Å². The summed E-state index contributed by atoms with van der Waals surface area (Å²) in [6.45, 7) is 12.1. The fourth-order valence-electron chi connectivity index (χ4n) is 3.16. The van der Waals surface area contributed by atoms with Crippen molar-refractivity contribution in [3.63, 3.8) is 0 Å². The lowest BCUT2D eigenvalue weighted by atomic mass is 9.62. The van der Waals surface area contributed by atoms with Crippen LogP contribution in [-0.4, -0.2) is 7.85 Å². The Balaban J connectivity index is 2.45. The molecular weight excluding hydrogens is 179 g/mol. The lowest BCUT2D eigenvalue weighted by Crippen LogP contribution is -2.18. The van der Waals surface area contributed by atoms with Gasteiger partial charge in [-0.05, 0) is 36.5 Å². The van der Waals surface area contributed by atoms with Crippen LogP contribution in [0.1, 0.15) is 66.7 Å². The maximum absolute atomic E-state index is 2.48. The van der Waals surface area contributed by atoms with E-state index in [9.17, 15) is 0 Å². The van der Waals surface area contributed by atoms with Crippen molar-refractivity contribution in [1.29, 1.82) is 0 Å². The molecule has 0 bridgehead atoms. The van der Waals surface area contributed by atoms with Crippen LogP contribution in [0.5, 0.6) is 0 Å². The summed E-state index contributed by atoms with van der Waals surface area (Å²) in [5, 5.41) is 0.548. The van der Waals surface area contributed by atoms with Crippen molar-refractivity contribution in [3.8, 4) is 0 Å². The van der Waals surface area contributed by atoms with Crippen LogP contribution in [0.4, 0.5) is 0 Å². The minimum absolute atomic E-state index is 0.548. The molecule has 0 nitrogen and oxygen atoms in total. The Morgan fingerprint density at radius 1 is 1.47 bits per heavy atom. The molecule has 0 spiro atoms. The summed E-state index contributed by atoms with van der Waals surface area (Å²) >= 11 is 0. The van der Waals surface area contributed by atoms with Crippen molar-refractivity contribution in [2.45, 2.75) is 72.0 Å². The van der Waals surface area contributed by atoms with Gasteiger partial charge in [-0.15, -0.1) is 0 Å². The van der Waals surface area contributed by atoms with E-state index < -0.39 is 0 Å². The van der Waals surface area contributed by atoms with Gasteiger partial charge in [0.25, 0.3) is 0 Å². The Morgan fingerprint density at radius 2 is 2.07 bits per heavy atom. The van der Waals surface area contributed by atoms with Crippen LogP contribution < -0.4 is 0 Å². The first-order chi connectivity index (χ1) is 6.76. The first-order valence-electron chi connectivity index (χ1n) is 6.76. The summed E-state index contributed by atoms with van der Waals surface area (Å²) in [4.78, 5) is 0. The molecule has 0 heterocycles. The summed E-state index contributed by atoms with van der Waals surface area (Å²) in [5.74, 6) is 1.91. The van der Waals surface area contributed by atoms with Gasteiger partial charge in [0.05, 0.1) is 0 Å². The van der Waals surface area contributed by atoms with E-state index in [0.29, 0.717) is 10.7 Å². The smallest absolute Gasteiger partial charge is 0.0669 e. The SMILES string of the molecule is BC(C)(CC)CC(C)C1CCC(C)(C)C1. The first kappa shape index (κ1) is 13.1. The highest BCUT2D eigenvalue weighted by Crippen LogP contribution is 2.47. The zero-order valence-electron chi connectivity index (χ0n) is 11.7. The van der Waals surface area contributed by atoms with E-state index in [0.717, 1.165) is 11.8 Å². The maximum Gasteiger partial charge on any atom is 0.109 e. The van der Waals surface area contributed by atoms with Crippen LogP contribution in [-0.2, 0) is 0 Å². The van der Waals surface area contributed by atoms with Crippen molar-refractivity contribution >= 4 is 7.85 Å². The van der Waals surface area contributed by atoms with E-state index in [4.69, 9.17) is 0 Å². The Bertz CT molecular complexity index is 205. The summed E-state index contributed by atoms with van der Waals surface area (Å²) in [6.07, 6.45) is 7.08. The Hall–Kier alpha value is 0.0649. The molecule has 1 aliphatic carbocycles. The lowest BCUT2D eigenvalue weighted by molar-refractivity contribution is 0.275. The lowest BCUT2D eigenvalue weighted by Gasteiger charge is -2.30. The van der Waals surface area contributed by atoms with Gasteiger partial charge in [0.2, 0.25) is 0 Å². The third kappa shape index (κ3) is 3.85. The summed E-state index contributed by atoms with van der Waals surface area (Å²) in [5.41, 5.74) is 0.620. The molecule has 0 N–H and O–H groups in total. The van der Waals surface area contributed by atoms with Gasteiger partial charge in [0.15, 0.2) is 0 Å². The van der Waals surface area contributed by atoms with E-state index >= 15 is 0 Å². The molecule has 1 saturated carbocycles. The predicted molar refractivity (Wildman–Crippen MR) is 72.1 cm³/mol. The highest BCUT2D eigenvalue weighted by Gasteiger charge is 2.35.